The van der Waals surface area contributed by atoms with Crippen molar-refractivity contribution >= 4 is 38.3 Å². The van der Waals surface area contributed by atoms with E-state index in [0.717, 1.165) is 10.9 Å². The minimum absolute atomic E-state index is 0.205. The van der Waals surface area contributed by atoms with Gasteiger partial charge in [0.2, 0.25) is 10.0 Å². The van der Waals surface area contributed by atoms with Gasteiger partial charge in [0.15, 0.2) is 5.82 Å². The highest BCUT2D eigenvalue weighted by atomic mass is 35.5. The van der Waals surface area contributed by atoms with E-state index in [1.54, 1.807) is 42.5 Å². The van der Waals surface area contributed by atoms with E-state index < -0.39 is 10.0 Å². The standard InChI is InChI=1S/C22H19ClN4O2S/c23-17-11-12-19-20(15-17)26-21(16-7-3-1-4-8-16)27-22(19)24-13-14-25-30(28,29)18-9-5-2-6-10-18/h1-12,15,25H,13-14H2,(H,24,26,27). The van der Waals surface area contributed by atoms with E-state index in [9.17, 15) is 8.42 Å². The van der Waals surface area contributed by atoms with Crippen LogP contribution in [0.25, 0.3) is 22.3 Å². The Hall–Kier alpha value is -3.00. The predicted octanol–water partition coefficient (Wildman–Crippen LogP) is 4.34. The van der Waals surface area contributed by atoms with Crippen molar-refractivity contribution in [1.29, 1.82) is 0 Å². The lowest BCUT2D eigenvalue weighted by molar-refractivity contribution is 0.583. The summed E-state index contributed by atoms with van der Waals surface area (Å²) >= 11 is 6.15. The Bertz CT molecular complexity index is 1270. The molecule has 30 heavy (non-hydrogen) atoms. The number of nitrogens with one attached hydrogen (secondary N) is 2. The van der Waals surface area contributed by atoms with Gasteiger partial charge in [-0.1, -0.05) is 60.1 Å². The molecule has 0 unspecified atom stereocenters. The van der Waals surface area contributed by atoms with Gasteiger partial charge in [0, 0.05) is 29.1 Å². The summed E-state index contributed by atoms with van der Waals surface area (Å²) in [6.07, 6.45) is 0. The molecule has 0 aliphatic heterocycles. The second-order valence-corrected chi connectivity index (χ2v) is 8.76. The molecule has 6 nitrogen and oxygen atoms in total. The molecule has 0 spiro atoms. The fraction of sp³-hybridized carbons (Fsp3) is 0.0909. The number of hydrogen-bond donors (Lipinski definition) is 2. The van der Waals surface area contributed by atoms with Crippen molar-refractivity contribution in [3.8, 4) is 11.4 Å². The van der Waals surface area contributed by atoms with Gasteiger partial charge in [-0.05, 0) is 30.3 Å². The molecular formula is C22H19ClN4O2S. The molecule has 0 saturated heterocycles. The third-order valence-electron chi connectivity index (χ3n) is 4.45. The average Bonchev–Trinajstić information content (AvgIpc) is 2.77. The van der Waals surface area contributed by atoms with Crippen LogP contribution in [0, 0.1) is 0 Å². The first-order valence-electron chi connectivity index (χ1n) is 9.34. The van der Waals surface area contributed by atoms with Crippen molar-refractivity contribution in [1.82, 2.24) is 14.7 Å². The van der Waals surface area contributed by atoms with Crippen LogP contribution in [0.4, 0.5) is 5.82 Å². The molecule has 0 bridgehead atoms. The molecule has 0 saturated carbocycles. The Morgan fingerprint density at radius 3 is 2.27 bits per heavy atom. The number of halogens is 1. The number of fused-ring (bicyclic) bond motifs is 1. The number of aromatic nitrogens is 2. The van der Waals surface area contributed by atoms with Crippen LogP contribution in [0.3, 0.4) is 0 Å². The molecule has 0 aliphatic rings. The highest BCUT2D eigenvalue weighted by Crippen LogP contribution is 2.27. The molecule has 1 aromatic heterocycles. The molecule has 0 amide bonds. The van der Waals surface area contributed by atoms with Crippen molar-refractivity contribution in [3.63, 3.8) is 0 Å². The van der Waals surface area contributed by atoms with Crippen LogP contribution in [0.1, 0.15) is 0 Å². The lowest BCUT2D eigenvalue weighted by atomic mass is 10.2. The molecule has 1 heterocycles. The quantitative estimate of drug-likeness (QED) is 0.419. The Morgan fingerprint density at radius 2 is 1.53 bits per heavy atom. The van der Waals surface area contributed by atoms with Crippen molar-refractivity contribution in [3.05, 3.63) is 83.9 Å². The smallest absolute Gasteiger partial charge is 0.240 e. The van der Waals surface area contributed by atoms with Crippen molar-refractivity contribution in [2.75, 3.05) is 18.4 Å². The van der Waals surface area contributed by atoms with E-state index in [1.807, 2.05) is 36.4 Å². The average molecular weight is 439 g/mol. The zero-order chi connectivity index (χ0) is 21.0. The molecule has 4 aromatic rings. The van der Waals surface area contributed by atoms with Gasteiger partial charge < -0.3 is 5.32 Å². The van der Waals surface area contributed by atoms with Gasteiger partial charge in [0.1, 0.15) is 5.82 Å². The number of nitrogens with zero attached hydrogens (tertiary/aromatic N) is 2. The molecule has 0 radical (unpaired) electrons. The van der Waals surface area contributed by atoms with E-state index >= 15 is 0 Å². The van der Waals surface area contributed by atoms with Gasteiger partial charge in [-0.2, -0.15) is 0 Å². The molecule has 0 fully saturated rings. The maximum absolute atomic E-state index is 12.4. The predicted molar refractivity (Wildman–Crippen MR) is 120 cm³/mol. The summed E-state index contributed by atoms with van der Waals surface area (Å²) in [7, 11) is -3.55. The first-order valence-corrected chi connectivity index (χ1v) is 11.2. The normalized spacial score (nSPS) is 11.5. The second-order valence-electron chi connectivity index (χ2n) is 6.56. The van der Waals surface area contributed by atoms with Crippen molar-refractivity contribution < 1.29 is 8.42 Å². The molecule has 0 aliphatic carbocycles. The van der Waals surface area contributed by atoms with Crippen LogP contribution >= 0.6 is 11.6 Å². The lowest BCUT2D eigenvalue weighted by Gasteiger charge is -2.12. The van der Waals surface area contributed by atoms with Gasteiger partial charge >= 0.3 is 0 Å². The molecular weight excluding hydrogens is 420 g/mol. The first-order chi connectivity index (χ1) is 14.5. The number of rotatable bonds is 7. The number of sulfonamides is 1. The van der Waals surface area contributed by atoms with Crippen LogP contribution in [0.2, 0.25) is 5.02 Å². The molecule has 4 rings (SSSR count). The Balaban J connectivity index is 1.55. The summed E-state index contributed by atoms with van der Waals surface area (Å²) in [4.78, 5) is 9.51. The molecule has 2 N–H and O–H groups in total. The summed E-state index contributed by atoms with van der Waals surface area (Å²) in [6.45, 7) is 0.562. The summed E-state index contributed by atoms with van der Waals surface area (Å²) in [5, 5.41) is 4.62. The Morgan fingerprint density at radius 1 is 0.833 bits per heavy atom. The SMILES string of the molecule is O=S(=O)(NCCNc1nc(-c2ccccc2)nc2cc(Cl)ccc12)c1ccccc1. The van der Waals surface area contributed by atoms with Crippen LogP contribution in [0.5, 0.6) is 0 Å². The maximum Gasteiger partial charge on any atom is 0.240 e. The topological polar surface area (TPSA) is 84.0 Å². The fourth-order valence-electron chi connectivity index (χ4n) is 3.00. The minimum Gasteiger partial charge on any atom is -0.368 e. The zero-order valence-electron chi connectivity index (χ0n) is 15.9. The molecule has 0 atom stereocenters. The highest BCUT2D eigenvalue weighted by Gasteiger charge is 2.13. The second kappa shape index (κ2) is 8.79. The molecule has 8 heteroatoms. The van der Waals surface area contributed by atoms with Gasteiger partial charge in [-0.15, -0.1) is 0 Å². The van der Waals surface area contributed by atoms with Crippen LogP contribution in [0.15, 0.2) is 83.8 Å². The first kappa shape index (κ1) is 20.3. The number of anilines is 1. The van der Waals surface area contributed by atoms with Crippen LogP contribution in [-0.2, 0) is 10.0 Å². The monoisotopic (exact) mass is 438 g/mol. The zero-order valence-corrected chi connectivity index (χ0v) is 17.5. The van der Waals surface area contributed by atoms with E-state index in [-0.39, 0.29) is 11.4 Å². The Labute approximate surface area is 180 Å². The summed E-state index contributed by atoms with van der Waals surface area (Å²) < 4.78 is 27.3. The third kappa shape index (κ3) is 4.59. The van der Waals surface area contributed by atoms with Gasteiger partial charge in [-0.25, -0.2) is 23.1 Å². The van der Waals surface area contributed by atoms with E-state index in [4.69, 9.17) is 11.6 Å². The van der Waals surface area contributed by atoms with Crippen molar-refractivity contribution in [2.45, 2.75) is 4.90 Å². The van der Waals surface area contributed by atoms with E-state index in [0.29, 0.717) is 28.7 Å². The van der Waals surface area contributed by atoms with Gasteiger partial charge in [0.05, 0.1) is 10.4 Å². The summed E-state index contributed by atoms with van der Waals surface area (Å²) in [5.74, 6) is 1.19. The van der Waals surface area contributed by atoms with Gasteiger partial charge in [0.25, 0.3) is 0 Å². The Kier molecular flexibility index (Phi) is 5.94. The van der Waals surface area contributed by atoms with E-state index in [1.165, 1.54) is 0 Å². The third-order valence-corrected chi connectivity index (χ3v) is 6.17. The largest absolute Gasteiger partial charge is 0.368 e. The summed E-state index contributed by atoms with van der Waals surface area (Å²) in [6, 6.07) is 23.3. The molecule has 3 aromatic carbocycles. The maximum atomic E-state index is 12.4. The lowest BCUT2D eigenvalue weighted by Crippen LogP contribution is -2.29. The van der Waals surface area contributed by atoms with E-state index in [2.05, 4.69) is 20.0 Å². The summed E-state index contributed by atoms with van der Waals surface area (Å²) in [5.41, 5.74) is 1.59. The van der Waals surface area contributed by atoms with Gasteiger partial charge in [-0.3, -0.25) is 0 Å². The number of benzene rings is 3. The fourth-order valence-corrected chi connectivity index (χ4v) is 4.22. The highest BCUT2D eigenvalue weighted by molar-refractivity contribution is 7.89. The van der Waals surface area contributed by atoms with Crippen molar-refractivity contribution in [2.24, 2.45) is 0 Å². The molecule has 152 valence electrons. The van der Waals surface area contributed by atoms with Crippen LogP contribution < -0.4 is 10.0 Å². The van der Waals surface area contributed by atoms with Crippen LogP contribution in [-0.4, -0.2) is 31.5 Å². The number of hydrogen-bond acceptors (Lipinski definition) is 5. The minimum atomic E-state index is -3.55.